The van der Waals surface area contributed by atoms with Crippen LogP contribution >= 0.6 is 11.3 Å². The Morgan fingerprint density at radius 3 is 2.67 bits per heavy atom. The van der Waals surface area contributed by atoms with Gasteiger partial charge in [-0.2, -0.15) is 0 Å². The Kier molecular flexibility index (Phi) is 4.57. The first kappa shape index (κ1) is 16.5. The molecule has 2 aromatic rings. The monoisotopic (exact) mass is 354 g/mol. The van der Waals surface area contributed by atoms with Crippen LogP contribution in [0.3, 0.4) is 0 Å². The van der Waals surface area contributed by atoms with Gasteiger partial charge in [0.2, 0.25) is 5.91 Å². The Hall–Kier alpha value is -2.35. The smallest absolute Gasteiger partial charge is 0.264 e. The molecule has 0 aliphatic carbocycles. The van der Waals surface area contributed by atoms with Crippen LogP contribution in [0.15, 0.2) is 29.6 Å². The van der Waals surface area contributed by atoms with Crippen LogP contribution in [-0.2, 0) is 4.79 Å². The molecular weight excluding hydrogens is 341 g/mol. The van der Waals surface area contributed by atoms with Crippen molar-refractivity contribution < 1.29 is 22.8 Å². The van der Waals surface area contributed by atoms with Crippen LogP contribution in [0, 0.1) is 17.5 Å². The molecule has 1 aliphatic rings. The highest BCUT2D eigenvalue weighted by atomic mass is 32.1. The van der Waals surface area contributed by atoms with Crippen molar-refractivity contribution in [3.8, 4) is 0 Å². The maximum atomic E-state index is 13.7. The van der Waals surface area contributed by atoms with E-state index in [1.54, 1.807) is 17.5 Å². The van der Waals surface area contributed by atoms with Gasteiger partial charge in [0.1, 0.15) is 6.04 Å². The number of rotatable bonds is 3. The number of nitrogens with one attached hydrogen (secondary N) is 1. The molecule has 0 unspecified atom stereocenters. The number of hydrogen-bond donors (Lipinski definition) is 1. The van der Waals surface area contributed by atoms with Gasteiger partial charge in [0, 0.05) is 6.54 Å². The first-order valence-electron chi connectivity index (χ1n) is 7.28. The Labute approximate surface area is 139 Å². The molecule has 126 valence electrons. The molecule has 8 heteroatoms. The fraction of sp³-hybridized carbons (Fsp3) is 0.250. The lowest BCUT2D eigenvalue weighted by Gasteiger charge is -2.23. The van der Waals surface area contributed by atoms with E-state index in [1.165, 1.54) is 16.2 Å². The summed E-state index contributed by atoms with van der Waals surface area (Å²) in [6.07, 6.45) is 1.06. The Balaban J connectivity index is 1.77. The average Bonchev–Trinajstić information content (AvgIpc) is 3.26. The molecular formula is C16H13F3N2O2S. The number of carbonyl (C=O) groups excluding carboxylic acids is 2. The van der Waals surface area contributed by atoms with E-state index in [0.29, 0.717) is 24.3 Å². The van der Waals surface area contributed by atoms with E-state index < -0.39 is 35.1 Å². The highest BCUT2D eigenvalue weighted by Crippen LogP contribution is 2.25. The highest BCUT2D eigenvalue weighted by Gasteiger charge is 2.35. The second-order valence-corrected chi connectivity index (χ2v) is 6.29. The number of carbonyl (C=O) groups is 2. The molecule has 1 atom stereocenters. The number of likely N-dealkylation sites (tertiary alicyclic amines) is 1. The number of halogens is 3. The van der Waals surface area contributed by atoms with Gasteiger partial charge in [0.25, 0.3) is 5.91 Å². The van der Waals surface area contributed by atoms with Crippen molar-refractivity contribution in [2.24, 2.45) is 0 Å². The van der Waals surface area contributed by atoms with Crippen molar-refractivity contribution in [1.82, 2.24) is 4.90 Å². The van der Waals surface area contributed by atoms with E-state index in [2.05, 4.69) is 5.32 Å². The molecule has 0 bridgehead atoms. The van der Waals surface area contributed by atoms with Gasteiger partial charge in [0.15, 0.2) is 17.5 Å². The number of anilines is 1. The van der Waals surface area contributed by atoms with Crippen molar-refractivity contribution in [2.75, 3.05) is 11.9 Å². The van der Waals surface area contributed by atoms with Crippen molar-refractivity contribution in [1.29, 1.82) is 0 Å². The first-order valence-corrected chi connectivity index (χ1v) is 8.16. The standard InChI is InChI=1S/C16H13F3N2O2S/c17-9-5-6-10(14(19)13(9)18)20-15(22)11-3-1-7-21(11)16(23)12-4-2-8-24-12/h2,4-6,8,11H,1,3,7H2,(H,20,22)/t11-/m0/s1. The molecule has 0 spiro atoms. The Morgan fingerprint density at radius 1 is 1.17 bits per heavy atom. The predicted octanol–water partition coefficient (Wildman–Crippen LogP) is 3.41. The summed E-state index contributed by atoms with van der Waals surface area (Å²) in [6.45, 7) is 0.412. The maximum absolute atomic E-state index is 13.7. The number of amides is 2. The van der Waals surface area contributed by atoms with Crippen LogP contribution in [0.2, 0.25) is 0 Å². The maximum Gasteiger partial charge on any atom is 0.264 e. The van der Waals surface area contributed by atoms with Crippen LogP contribution in [-0.4, -0.2) is 29.3 Å². The molecule has 1 saturated heterocycles. The van der Waals surface area contributed by atoms with Crippen molar-refractivity contribution in [2.45, 2.75) is 18.9 Å². The molecule has 24 heavy (non-hydrogen) atoms. The summed E-state index contributed by atoms with van der Waals surface area (Å²) in [5.74, 6) is -5.33. The zero-order valence-corrected chi connectivity index (χ0v) is 13.2. The highest BCUT2D eigenvalue weighted by molar-refractivity contribution is 7.12. The third kappa shape index (κ3) is 3.01. The van der Waals surface area contributed by atoms with Crippen LogP contribution < -0.4 is 5.32 Å². The average molecular weight is 354 g/mol. The minimum absolute atomic E-state index is 0.270. The van der Waals surface area contributed by atoms with Gasteiger partial charge in [0.05, 0.1) is 10.6 Å². The SMILES string of the molecule is O=C(Nc1ccc(F)c(F)c1F)[C@@H]1CCCN1C(=O)c1cccs1. The summed E-state index contributed by atoms with van der Waals surface area (Å²) in [5.41, 5.74) is -0.450. The van der Waals surface area contributed by atoms with Gasteiger partial charge in [-0.05, 0) is 36.4 Å². The fourth-order valence-corrected chi connectivity index (χ4v) is 3.34. The second kappa shape index (κ2) is 6.64. The van der Waals surface area contributed by atoms with E-state index in [0.717, 1.165) is 12.1 Å². The molecule has 4 nitrogen and oxygen atoms in total. The van der Waals surface area contributed by atoms with Crippen LogP contribution in [0.5, 0.6) is 0 Å². The minimum atomic E-state index is -1.65. The Morgan fingerprint density at radius 2 is 1.96 bits per heavy atom. The summed E-state index contributed by atoms with van der Waals surface area (Å²) >= 11 is 1.27. The van der Waals surface area contributed by atoms with Crippen LogP contribution in [0.25, 0.3) is 0 Å². The van der Waals surface area contributed by atoms with Crippen molar-refractivity contribution in [3.05, 3.63) is 52.0 Å². The van der Waals surface area contributed by atoms with Gasteiger partial charge >= 0.3 is 0 Å². The van der Waals surface area contributed by atoms with Gasteiger partial charge in [-0.25, -0.2) is 13.2 Å². The number of thiophene rings is 1. The molecule has 2 heterocycles. The van der Waals surface area contributed by atoms with E-state index in [4.69, 9.17) is 0 Å². The normalized spacial score (nSPS) is 17.1. The van der Waals surface area contributed by atoms with E-state index in [1.807, 2.05) is 0 Å². The van der Waals surface area contributed by atoms with Crippen LogP contribution in [0.4, 0.5) is 18.9 Å². The third-order valence-corrected chi connectivity index (χ3v) is 4.70. The Bertz CT molecular complexity index is 780. The number of nitrogens with zero attached hydrogens (tertiary/aromatic N) is 1. The van der Waals surface area contributed by atoms with Gasteiger partial charge in [-0.3, -0.25) is 9.59 Å². The fourth-order valence-electron chi connectivity index (χ4n) is 2.66. The number of benzene rings is 1. The summed E-state index contributed by atoms with van der Waals surface area (Å²) in [4.78, 5) is 26.7. The summed E-state index contributed by atoms with van der Waals surface area (Å²) < 4.78 is 39.9. The number of hydrogen-bond acceptors (Lipinski definition) is 3. The largest absolute Gasteiger partial charge is 0.326 e. The molecule has 3 rings (SSSR count). The van der Waals surface area contributed by atoms with E-state index in [9.17, 15) is 22.8 Å². The molecule has 0 radical (unpaired) electrons. The minimum Gasteiger partial charge on any atom is -0.326 e. The second-order valence-electron chi connectivity index (χ2n) is 5.35. The lowest BCUT2D eigenvalue weighted by Crippen LogP contribution is -2.43. The zero-order chi connectivity index (χ0) is 17.3. The summed E-state index contributed by atoms with van der Waals surface area (Å²) in [5, 5.41) is 4.00. The predicted molar refractivity (Wildman–Crippen MR) is 83.3 cm³/mol. The van der Waals surface area contributed by atoms with E-state index >= 15 is 0 Å². The molecule has 2 amide bonds. The third-order valence-electron chi connectivity index (χ3n) is 3.84. The molecule has 1 N–H and O–H groups in total. The van der Waals surface area contributed by atoms with Crippen LogP contribution in [0.1, 0.15) is 22.5 Å². The quantitative estimate of drug-likeness (QED) is 0.859. The van der Waals surface area contributed by atoms with Gasteiger partial charge in [-0.15, -0.1) is 11.3 Å². The van der Waals surface area contributed by atoms with Crippen molar-refractivity contribution in [3.63, 3.8) is 0 Å². The lowest BCUT2D eigenvalue weighted by atomic mass is 10.2. The van der Waals surface area contributed by atoms with Gasteiger partial charge in [-0.1, -0.05) is 6.07 Å². The topological polar surface area (TPSA) is 49.4 Å². The van der Waals surface area contributed by atoms with Crippen molar-refractivity contribution >= 4 is 28.8 Å². The molecule has 1 fully saturated rings. The van der Waals surface area contributed by atoms with E-state index in [-0.39, 0.29) is 5.91 Å². The zero-order valence-electron chi connectivity index (χ0n) is 12.4. The molecule has 1 aromatic heterocycles. The molecule has 1 aliphatic heterocycles. The molecule has 0 saturated carbocycles. The summed E-state index contributed by atoms with van der Waals surface area (Å²) in [6, 6.07) is 4.31. The summed E-state index contributed by atoms with van der Waals surface area (Å²) in [7, 11) is 0. The molecule has 1 aromatic carbocycles. The first-order chi connectivity index (χ1) is 11.5. The van der Waals surface area contributed by atoms with Gasteiger partial charge < -0.3 is 10.2 Å². The lowest BCUT2D eigenvalue weighted by molar-refractivity contribution is -0.119.